The molecule has 1 saturated heterocycles. The van der Waals surface area contributed by atoms with Crippen LogP contribution in [0.15, 0.2) is 0 Å². The van der Waals surface area contributed by atoms with Gasteiger partial charge in [0.25, 0.3) is 0 Å². The molecule has 1 fully saturated rings. The molecule has 0 unspecified atom stereocenters. The van der Waals surface area contributed by atoms with Gasteiger partial charge in [0.05, 0.1) is 6.61 Å². The van der Waals surface area contributed by atoms with Gasteiger partial charge in [0, 0.05) is 19.6 Å². The first kappa shape index (κ1) is 5.98. The van der Waals surface area contributed by atoms with E-state index in [-0.39, 0.29) is 13.2 Å². The fourth-order valence-electron chi connectivity index (χ4n) is 0.743. The Balaban J connectivity index is 2.40. The van der Waals surface area contributed by atoms with E-state index in [0.717, 1.165) is 0 Å². The lowest BCUT2D eigenvalue weighted by atomic mass is 10.1. The van der Waals surface area contributed by atoms with Crippen LogP contribution in [0.25, 0.3) is 0 Å². The van der Waals surface area contributed by atoms with Gasteiger partial charge < -0.3 is 10.5 Å². The van der Waals surface area contributed by atoms with Crippen LogP contribution in [0.3, 0.4) is 0 Å². The second-order valence-electron chi connectivity index (χ2n) is 2.16. The maximum absolute atomic E-state index is 12.8. The van der Waals surface area contributed by atoms with Crippen molar-refractivity contribution in [2.75, 3.05) is 19.8 Å². The summed E-state index contributed by atoms with van der Waals surface area (Å²) in [4.78, 5) is 0. The number of nitrogens with two attached hydrogens (primary N) is 1. The van der Waals surface area contributed by atoms with Crippen molar-refractivity contribution in [2.24, 2.45) is 5.73 Å². The molecular weight excluding hydrogens is 109 g/mol. The van der Waals surface area contributed by atoms with Crippen molar-refractivity contribution in [3.8, 4) is 0 Å². The van der Waals surface area contributed by atoms with Gasteiger partial charge in [-0.25, -0.2) is 4.39 Å². The van der Waals surface area contributed by atoms with Crippen LogP contribution in [0, 0.1) is 0 Å². The maximum atomic E-state index is 12.8. The highest BCUT2D eigenvalue weighted by atomic mass is 19.1. The highest BCUT2D eigenvalue weighted by Gasteiger charge is 2.32. The molecule has 1 aliphatic rings. The molecule has 0 aromatic heterocycles. The fourth-order valence-corrected chi connectivity index (χ4v) is 0.743. The SMILES string of the molecule is NC[C@@]1(F)CCOC1. The van der Waals surface area contributed by atoms with E-state index in [4.69, 9.17) is 10.5 Å². The third-order valence-electron chi connectivity index (χ3n) is 1.42. The molecule has 48 valence electrons. The molecule has 3 heteroatoms. The summed E-state index contributed by atoms with van der Waals surface area (Å²) in [6, 6.07) is 0. The highest BCUT2D eigenvalue weighted by molar-refractivity contribution is 4.83. The first-order valence-electron chi connectivity index (χ1n) is 2.74. The molecule has 0 aromatic rings. The van der Waals surface area contributed by atoms with Crippen molar-refractivity contribution in [2.45, 2.75) is 12.1 Å². The summed E-state index contributed by atoms with van der Waals surface area (Å²) in [5, 5.41) is 0. The van der Waals surface area contributed by atoms with E-state index >= 15 is 0 Å². The van der Waals surface area contributed by atoms with Crippen molar-refractivity contribution < 1.29 is 9.13 Å². The number of hydrogen-bond donors (Lipinski definition) is 1. The fraction of sp³-hybridized carbons (Fsp3) is 1.00. The van der Waals surface area contributed by atoms with E-state index in [0.29, 0.717) is 13.0 Å². The average molecular weight is 119 g/mol. The van der Waals surface area contributed by atoms with E-state index in [1.165, 1.54) is 0 Å². The Morgan fingerprint density at radius 1 is 1.75 bits per heavy atom. The Morgan fingerprint density at radius 2 is 2.50 bits per heavy atom. The van der Waals surface area contributed by atoms with Crippen molar-refractivity contribution in [3.63, 3.8) is 0 Å². The Kier molecular flexibility index (Phi) is 1.49. The van der Waals surface area contributed by atoms with Crippen molar-refractivity contribution in [1.82, 2.24) is 0 Å². The predicted molar refractivity (Wildman–Crippen MR) is 28.3 cm³/mol. The van der Waals surface area contributed by atoms with Crippen LogP contribution >= 0.6 is 0 Å². The first-order chi connectivity index (χ1) is 3.77. The van der Waals surface area contributed by atoms with Gasteiger partial charge in [-0.1, -0.05) is 0 Å². The van der Waals surface area contributed by atoms with Gasteiger partial charge in [-0.15, -0.1) is 0 Å². The lowest BCUT2D eigenvalue weighted by molar-refractivity contribution is 0.118. The smallest absolute Gasteiger partial charge is 0.148 e. The molecule has 2 nitrogen and oxygen atoms in total. The zero-order chi connectivity index (χ0) is 6.04. The van der Waals surface area contributed by atoms with Crippen LogP contribution in [0.4, 0.5) is 4.39 Å². The molecule has 1 atom stereocenters. The maximum Gasteiger partial charge on any atom is 0.148 e. The normalized spacial score (nSPS) is 38.2. The standard InChI is InChI=1S/C5H10FNO/c6-5(3-7)1-2-8-4-5/h1-4,7H2/t5-/m0/s1. The van der Waals surface area contributed by atoms with Crippen LogP contribution in [0.5, 0.6) is 0 Å². The van der Waals surface area contributed by atoms with E-state index < -0.39 is 5.67 Å². The van der Waals surface area contributed by atoms with E-state index in [1.54, 1.807) is 0 Å². The number of ether oxygens (including phenoxy) is 1. The summed E-state index contributed by atoms with van der Waals surface area (Å²) in [7, 11) is 0. The van der Waals surface area contributed by atoms with Gasteiger partial charge in [-0.3, -0.25) is 0 Å². The third-order valence-corrected chi connectivity index (χ3v) is 1.42. The Bertz CT molecular complexity index is 80.5. The lowest BCUT2D eigenvalue weighted by Gasteiger charge is -2.12. The quantitative estimate of drug-likeness (QED) is 0.530. The van der Waals surface area contributed by atoms with Crippen LogP contribution < -0.4 is 5.73 Å². The van der Waals surface area contributed by atoms with Crippen LogP contribution in [-0.4, -0.2) is 25.4 Å². The number of hydrogen-bond acceptors (Lipinski definition) is 2. The molecule has 0 radical (unpaired) electrons. The van der Waals surface area contributed by atoms with E-state index in [2.05, 4.69) is 0 Å². The lowest BCUT2D eigenvalue weighted by Crippen LogP contribution is -2.32. The van der Waals surface area contributed by atoms with E-state index in [1.807, 2.05) is 0 Å². The summed E-state index contributed by atoms with van der Waals surface area (Å²) >= 11 is 0. The third kappa shape index (κ3) is 0.980. The number of alkyl halides is 1. The minimum Gasteiger partial charge on any atom is -0.378 e. The topological polar surface area (TPSA) is 35.2 Å². The molecule has 2 N–H and O–H groups in total. The second-order valence-corrected chi connectivity index (χ2v) is 2.16. The van der Waals surface area contributed by atoms with Gasteiger partial charge in [0.2, 0.25) is 0 Å². The Morgan fingerprint density at radius 3 is 2.75 bits per heavy atom. The highest BCUT2D eigenvalue weighted by Crippen LogP contribution is 2.20. The Labute approximate surface area is 47.8 Å². The van der Waals surface area contributed by atoms with Gasteiger partial charge in [-0.05, 0) is 0 Å². The molecule has 0 saturated carbocycles. The minimum atomic E-state index is -1.21. The van der Waals surface area contributed by atoms with Crippen LogP contribution in [0.2, 0.25) is 0 Å². The molecule has 0 aliphatic carbocycles. The first-order valence-corrected chi connectivity index (χ1v) is 2.74. The molecule has 0 bridgehead atoms. The number of halogens is 1. The molecule has 1 rings (SSSR count). The molecular formula is C5H10FNO. The van der Waals surface area contributed by atoms with Crippen molar-refractivity contribution in [1.29, 1.82) is 0 Å². The zero-order valence-corrected chi connectivity index (χ0v) is 4.69. The van der Waals surface area contributed by atoms with Gasteiger partial charge in [0.1, 0.15) is 5.67 Å². The molecule has 8 heavy (non-hydrogen) atoms. The summed E-state index contributed by atoms with van der Waals surface area (Å²) in [6.45, 7) is 0.796. The number of rotatable bonds is 1. The largest absolute Gasteiger partial charge is 0.378 e. The molecule has 1 aliphatic heterocycles. The van der Waals surface area contributed by atoms with Crippen molar-refractivity contribution in [3.05, 3.63) is 0 Å². The molecule has 1 heterocycles. The zero-order valence-electron chi connectivity index (χ0n) is 4.69. The van der Waals surface area contributed by atoms with Crippen LogP contribution in [0.1, 0.15) is 6.42 Å². The van der Waals surface area contributed by atoms with Gasteiger partial charge in [0.15, 0.2) is 0 Å². The Hall–Kier alpha value is -0.150. The molecule has 0 amide bonds. The second kappa shape index (κ2) is 1.99. The van der Waals surface area contributed by atoms with Gasteiger partial charge >= 0.3 is 0 Å². The monoisotopic (exact) mass is 119 g/mol. The minimum absolute atomic E-state index is 0.0903. The summed E-state index contributed by atoms with van der Waals surface area (Å²) in [5.41, 5.74) is 3.90. The summed E-state index contributed by atoms with van der Waals surface area (Å²) in [5.74, 6) is 0. The van der Waals surface area contributed by atoms with Gasteiger partial charge in [-0.2, -0.15) is 0 Å². The van der Waals surface area contributed by atoms with Crippen LogP contribution in [-0.2, 0) is 4.74 Å². The molecule has 0 aromatic carbocycles. The summed E-state index contributed by atoms with van der Waals surface area (Å²) in [6.07, 6.45) is 0.462. The average Bonchev–Trinajstić information content (AvgIpc) is 2.17. The van der Waals surface area contributed by atoms with Crippen molar-refractivity contribution >= 4 is 0 Å². The summed E-state index contributed by atoms with van der Waals surface area (Å²) < 4.78 is 17.6. The molecule has 0 spiro atoms. The van der Waals surface area contributed by atoms with E-state index in [9.17, 15) is 4.39 Å². The predicted octanol–water partition coefficient (Wildman–Crippen LogP) is 0.0737.